The van der Waals surface area contributed by atoms with E-state index in [-0.39, 0.29) is 11.5 Å². The molecule has 0 aliphatic carbocycles. The molecule has 86 valence electrons. The Morgan fingerprint density at radius 2 is 2.00 bits per heavy atom. The van der Waals surface area contributed by atoms with E-state index in [9.17, 15) is 4.39 Å². The standard InChI is InChI=1S/C13H11FN2O/c1-17-11-6-4-10(5-7-11)16-9-13-12(14)3-2-8-15-13/h2-9H,1H3. The summed E-state index contributed by atoms with van der Waals surface area (Å²) in [6.45, 7) is 0. The molecule has 0 aliphatic heterocycles. The lowest BCUT2D eigenvalue weighted by atomic mass is 10.3. The summed E-state index contributed by atoms with van der Waals surface area (Å²) < 4.78 is 18.3. The molecule has 17 heavy (non-hydrogen) atoms. The van der Waals surface area contributed by atoms with E-state index >= 15 is 0 Å². The number of nitrogens with zero attached hydrogens (tertiary/aromatic N) is 2. The average Bonchev–Trinajstić information content (AvgIpc) is 2.38. The molecular weight excluding hydrogens is 219 g/mol. The first kappa shape index (κ1) is 11.3. The van der Waals surface area contributed by atoms with Crippen LogP contribution < -0.4 is 4.74 Å². The first-order valence-corrected chi connectivity index (χ1v) is 5.08. The summed E-state index contributed by atoms with van der Waals surface area (Å²) in [4.78, 5) is 8.01. The smallest absolute Gasteiger partial charge is 0.150 e. The van der Waals surface area contributed by atoms with Crippen LogP contribution in [0, 0.1) is 5.82 Å². The van der Waals surface area contributed by atoms with Crippen LogP contribution in [0.5, 0.6) is 5.75 Å². The lowest BCUT2D eigenvalue weighted by molar-refractivity contribution is 0.415. The Morgan fingerprint density at radius 1 is 1.24 bits per heavy atom. The van der Waals surface area contributed by atoms with Crippen LogP contribution in [0.2, 0.25) is 0 Å². The zero-order chi connectivity index (χ0) is 12.1. The van der Waals surface area contributed by atoms with Gasteiger partial charge in [-0.05, 0) is 36.4 Å². The molecule has 0 saturated carbocycles. The van der Waals surface area contributed by atoms with E-state index in [1.54, 1.807) is 37.4 Å². The number of ether oxygens (including phenoxy) is 1. The van der Waals surface area contributed by atoms with Crippen molar-refractivity contribution < 1.29 is 9.13 Å². The van der Waals surface area contributed by atoms with Crippen molar-refractivity contribution in [2.45, 2.75) is 0 Å². The molecule has 1 aromatic carbocycles. The quantitative estimate of drug-likeness (QED) is 0.760. The van der Waals surface area contributed by atoms with Crippen molar-refractivity contribution in [3.63, 3.8) is 0 Å². The van der Waals surface area contributed by atoms with Gasteiger partial charge in [0.25, 0.3) is 0 Å². The maximum atomic E-state index is 13.2. The molecule has 3 nitrogen and oxygen atoms in total. The summed E-state index contributed by atoms with van der Waals surface area (Å²) in [5.74, 6) is 0.373. The minimum Gasteiger partial charge on any atom is -0.497 e. The van der Waals surface area contributed by atoms with Crippen LogP contribution >= 0.6 is 0 Å². The number of benzene rings is 1. The van der Waals surface area contributed by atoms with E-state index in [0.29, 0.717) is 0 Å². The van der Waals surface area contributed by atoms with Crippen LogP contribution in [0.15, 0.2) is 47.6 Å². The fourth-order valence-electron chi connectivity index (χ4n) is 1.30. The number of hydrogen-bond donors (Lipinski definition) is 0. The van der Waals surface area contributed by atoms with Gasteiger partial charge in [0, 0.05) is 6.20 Å². The third kappa shape index (κ3) is 2.87. The average molecular weight is 230 g/mol. The largest absolute Gasteiger partial charge is 0.497 e. The number of aromatic nitrogens is 1. The molecule has 0 amide bonds. The maximum Gasteiger partial charge on any atom is 0.150 e. The Balaban J connectivity index is 2.17. The van der Waals surface area contributed by atoms with Gasteiger partial charge in [0.05, 0.1) is 19.0 Å². The molecule has 2 aromatic rings. The SMILES string of the molecule is COc1ccc(N=Cc2ncccc2F)cc1. The summed E-state index contributed by atoms with van der Waals surface area (Å²) in [7, 11) is 1.60. The zero-order valence-corrected chi connectivity index (χ0v) is 9.30. The topological polar surface area (TPSA) is 34.5 Å². The summed E-state index contributed by atoms with van der Waals surface area (Å²) >= 11 is 0. The van der Waals surface area contributed by atoms with Crippen LogP contribution in [-0.2, 0) is 0 Å². The van der Waals surface area contributed by atoms with Crippen LogP contribution in [-0.4, -0.2) is 18.3 Å². The third-order valence-corrected chi connectivity index (χ3v) is 2.20. The summed E-state index contributed by atoms with van der Waals surface area (Å²) in [5.41, 5.74) is 0.944. The molecular formula is C13H11FN2O. The fraction of sp³-hybridized carbons (Fsp3) is 0.0769. The van der Waals surface area contributed by atoms with E-state index < -0.39 is 0 Å². The highest BCUT2D eigenvalue weighted by Gasteiger charge is 1.98. The fourth-order valence-corrected chi connectivity index (χ4v) is 1.30. The number of methoxy groups -OCH3 is 1. The van der Waals surface area contributed by atoms with Crippen molar-refractivity contribution in [1.29, 1.82) is 0 Å². The van der Waals surface area contributed by atoms with Crippen molar-refractivity contribution in [2.24, 2.45) is 4.99 Å². The molecule has 0 unspecified atom stereocenters. The lowest BCUT2D eigenvalue weighted by Crippen LogP contribution is -1.91. The molecule has 0 N–H and O–H groups in total. The van der Waals surface area contributed by atoms with Crippen molar-refractivity contribution >= 4 is 11.9 Å². The molecule has 0 atom stereocenters. The second kappa shape index (κ2) is 5.21. The van der Waals surface area contributed by atoms with E-state index in [2.05, 4.69) is 9.98 Å². The summed E-state index contributed by atoms with van der Waals surface area (Å²) in [6.07, 6.45) is 2.93. The Bertz CT molecular complexity index is 523. The third-order valence-electron chi connectivity index (χ3n) is 2.20. The summed E-state index contributed by atoms with van der Waals surface area (Å²) in [5, 5.41) is 0. The van der Waals surface area contributed by atoms with Gasteiger partial charge in [0.15, 0.2) is 0 Å². The molecule has 0 fully saturated rings. The van der Waals surface area contributed by atoms with Gasteiger partial charge in [-0.3, -0.25) is 9.98 Å². The Hall–Kier alpha value is -2.23. The number of rotatable bonds is 3. The van der Waals surface area contributed by atoms with E-state index in [1.165, 1.54) is 18.5 Å². The van der Waals surface area contributed by atoms with Gasteiger partial charge in [-0.2, -0.15) is 0 Å². The number of aliphatic imine (C=N–C) groups is 1. The van der Waals surface area contributed by atoms with Crippen molar-refractivity contribution in [1.82, 2.24) is 4.98 Å². The van der Waals surface area contributed by atoms with Crippen LogP contribution in [0.25, 0.3) is 0 Å². The van der Waals surface area contributed by atoms with Gasteiger partial charge in [0.1, 0.15) is 17.3 Å². The molecule has 0 radical (unpaired) electrons. The van der Waals surface area contributed by atoms with Crippen molar-refractivity contribution in [3.8, 4) is 5.75 Å². The Labute approximate surface area is 98.6 Å². The molecule has 0 saturated heterocycles. The van der Waals surface area contributed by atoms with E-state index in [4.69, 9.17) is 4.74 Å². The first-order chi connectivity index (χ1) is 8.29. The number of halogens is 1. The van der Waals surface area contributed by atoms with Crippen LogP contribution in [0.3, 0.4) is 0 Å². The maximum absolute atomic E-state index is 13.2. The Morgan fingerprint density at radius 3 is 2.65 bits per heavy atom. The zero-order valence-electron chi connectivity index (χ0n) is 9.30. The van der Waals surface area contributed by atoms with Gasteiger partial charge in [-0.15, -0.1) is 0 Å². The molecule has 0 bridgehead atoms. The van der Waals surface area contributed by atoms with Gasteiger partial charge in [-0.1, -0.05) is 0 Å². The first-order valence-electron chi connectivity index (χ1n) is 5.08. The van der Waals surface area contributed by atoms with Crippen LogP contribution in [0.4, 0.5) is 10.1 Å². The molecule has 0 aliphatic rings. The van der Waals surface area contributed by atoms with Gasteiger partial charge in [0.2, 0.25) is 0 Å². The minimum absolute atomic E-state index is 0.225. The minimum atomic E-state index is -0.384. The second-order valence-corrected chi connectivity index (χ2v) is 3.33. The number of pyridine rings is 1. The molecule has 1 aromatic heterocycles. The molecule has 2 rings (SSSR count). The van der Waals surface area contributed by atoms with Crippen LogP contribution in [0.1, 0.15) is 5.69 Å². The molecule has 4 heteroatoms. The lowest BCUT2D eigenvalue weighted by Gasteiger charge is -1.99. The van der Waals surface area contributed by atoms with E-state index in [1.807, 2.05) is 0 Å². The predicted octanol–water partition coefficient (Wildman–Crippen LogP) is 2.98. The van der Waals surface area contributed by atoms with Gasteiger partial charge >= 0.3 is 0 Å². The molecule has 1 heterocycles. The number of hydrogen-bond acceptors (Lipinski definition) is 3. The normalized spacial score (nSPS) is 10.7. The highest BCUT2D eigenvalue weighted by Crippen LogP contribution is 2.17. The highest BCUT2D eigenvalue weighted by molar-refractivity contribution is 5.79. The van der Waals surface area contributed by atoms with E-state index in [0.717, 1.165) is 11.4 Å². The van der Waals surface area contributed by atoms with Crippen molar-refractivity contribution in [3.05, 3.63) is 54.1 Å². The highest BCUT2D eigenvalue weighted by atomic mass is 19.1. The van der Waals surface area contributed by atoms with Gasteiger partial charge < -0.3 is 4.74 Å². The second-order valence-electron chi connectivity index (χ2n) is 3.33. The molecule has 0 spiro atoms. The summed E-state index contributed by atoms with van der Waals surface area (Å²) in [6, 6.07) is 10.1. The Kier molecular flexibility index (Phi) is 3.45. The monoisotopic (exact) mass is 230 g/mol. The van der Waals surface area contributed by atoms with Gasteiger partial charge in [-0.25, -0.2) is 4.39 Å². The van der Waals surface area contributed by atoms with Crippen molar-refractivity contribution in [2.75, 3.05) is 7.11 Å². The predicted molar refractivity (Wildman–Crippen MR) is 64.4 cm³/mol.